The van der Waals surface area contributed by atoms with E-state index in [0.717, 1.165) is 17.0 Å². The van der Waals surface area contributed by atoms with Crippen LogP contribution in [0, 0.1) is 0 Å². The molecule has 0 spiro atoms. The summed E-state index contributed by atoms with van der Waals surface area (Å²) in [5.74, 6) is -0.127. The number of benzene rings is 2. The molecule has 7 nitrogen and oxygen atoms in total. The molecule has 0 saturated carbocycles. The number of primary sulfonamides is 1. The fourth-order valence-electron chi connectivity index (χ4n) is 2.60. The molecule has 2 aromatic carbocycles. The van der Waals surface area contributed by atoms with E-state index in [1.807, 2.05) is 0 Å². The van der Waals surface area contributed by atoms with E-state index in [0.29, 0.717) is 11.3 Å². The zero-order valence-electron chi connectivity index (χ0n) is 13.7. The number of anilines is 2. The van der Waals surface area contributed by atoms with Gasteiger partial charge in [-0.15, -0.1) is 0 Å². The van der Waals surface area contributed by atoms with Gasteiger partial charge in [0.25, 0.3) is 5.72 Å². The van der Waals surface area contributed by atoms with Crippen LogP contribution < -0.4 is 15.8 Å². The van der Waals surface area contributed by atoms with E-state index in [9.17, 15) is 26.7 Å². The number of β-amino-alcohol motifs (C(OH)–C–C–N with tert-alkyl or cyclic N) is 1. The molecule has 0 saturated heterocycles. The highest BCUT2D eigenvalue weighted by molar-refractivity contribution is 7.89. The first-order chi connectivity index (χ1) is 12.4. The van der Waals surface area contributed by atoms with Gasteiger partial charge in [-0.1, -0.05) is 0 Å². The second-order valence-electron chi connectivity index (χ2n) is 6.00. The fraction of sp³-hybridized carbons (Fsp3) is 0.188. The highest BCUT2D eigenvalue weighted by atomic mass is 32.2. The second kappa shape index (κ2) is 6.22. The average Bonchev–Trinajstić information content (AvgIpc) is 2.94. The van der Waals surface area contributed by atoms with E-state index < -0.39 is 28.5 Å². The quantitative estimate of drug-likeness (QED) is 0.673. The number of nitrogen functional groups attached to an aromatic ring is 1. The molecule has 1 unspecified atom stereocenters. The van der Waals surface area contributed by atoms with Crippen molar-refractivity contribution < 1.29 is 26.7 Å². The van der Waals surface area contributed by atoms with Crippen molar-refractivity contribution in [3.63, 3.8) is 0 Å². The molecular formula is C16H15F3N4O3S. The summed E-state index contributed by atoms with van der Waals surface area (Å²) in [6.45, 7) is -0.884. The van der Waals surface area contributed by atoms with Gasteiger partial charge in [0.1, 0.15) is 5.84 Å². The molecule has 2 aromatic rings. The number of aliphatic imine (C=N–C) groups is 1. The SMILES string of the molecule is Nc1ccc(C2=NC(O)(C(F)(F)F)CN2c2ccc(S(N)(=O)=O)cc2)cc1. The van der Waals surface area contributed by atoms with Crippen LogP contribution in [0.5, 0.6) is 0 Å². The van der Waals surface area contributed by atoms with E-state index in [2.05, 4.69) is 4.99 Å². The van der Waals surface area contributed by atoms with Crippen molar-refractivity contribution >= 4 is 27.2 Å². The smallest absolute Gasteiger partial charge is 0.399 e. The summed E-state index contributed by atoms with van der Waals surface area (Å²) in [5, 5.41) is 15.1. The van der Waals surface area contributed by atoms with Crippen molar-refractivity contribution in [1.82, 2.24) is 0 Å². The average molecular weight is 400 g/mol. The van der Waals surface area contributed by atoms with Gasteiger partial charge in [-0.2, -0.15) is 13.2 Å². The van der Waals surface area contributed by atoms with Crippen molar-refractivity contribution in [2.75, 3.05) is 17.2 Å². The Morgan fingerprint density at radius 3 is 2.11 bits per heavy atom. The monoisotopic (exact) mass is 400 g/mol. The summed E-state index contributed by atoms with van der Waals surface area (Å²) >= 11 is 0. The van der Waals surface area contributed by atoms with Crippen LogP contribution in [0.2, 0.25) is 0 Å². The fourth-order valence-corrected chi connectivity index (χ4v) is 3.12. The number of alkyl halides is 3. The molecule has 1 aliphatic rings. The van der Waals surface area contributed by atoms with Crippen molar-refractivity contribution in [3.8, 4) is 0 Å². The zero-order valence-corrected chi connectivity index (χ0v) is 14.5. The van der Waals surface area contributed by atoms with Gasteiger partial charge in [-0.25, -0.2) is 18.5 Å². The summed E-state index contributed by atoms with van der Waals surface area (Å²) < 4.78 is 62.6. The van der Waals surface area contributed by atoms with E-state index in [1.165, 1.54) is 36.4 Å². The van der Waals surface area contributed by atoms with Gasteiger partial charge in [-0.05, 0) is 48.5 Å². The molecule has 0 fully saturated rings. The van der Waals surface area contributed by atoms with Gasteiger partial charge in [-0.3, -0.25) is 0 Å². The topological polar surface area (TPSA) is 122 Å². The first-order valence-electron chi connectivity index (χ1n) is 7.56. The van der Waals surface area contributed by atoms with Crippen molar-refractivity contribution in [2.24, 2.45) is 10.1 Å². The number of sulfonamides is 1. The molecule has 0 bridgehead atoms. The standard InChI is InChI=1S/C16H15F3N4O3S/c17-16(18,19)15(24)9-23(12-5-7-13(8-6-12)27(21,25)26)14(22-15)10-1-3-11(20)4-2-10/h1-8,24H,9,20H2,(H2,21,25,26). The number of aliphatic hydroxyl groups is 1. The van der Waals surface area contributed by atoms with E-state index >= 15 is 0 Å². The molecule has 0 radical (unpaired) electrons. The second-order valence-corrected chi connectivity index (χ2v) is 7.56. The lowest BCUT2D eigenvalue weighted by Crippen LogP contribution is -2.47. The zero-order chi connectivity index (χ0) is 20.0. The van der Waals surface area contributed by atoms with Crippen LogP contribution in [0.15, 0.2) is 58.4 Å². The Labute approximate surface area is 152 Å². The van der Waals surface area contributed by atoms with Crippen LogP contribution in [0.1, 0.15) is 5.56 Å². The maximum absolute atomic E-state index is 13.3. The summed E-state index contributed by atoms with van der Waals surface area (Å²) in [5.41, 5.74) is 3.22. The van der Waals surface area contributed by atoms with Crippen molar-refractivity contribution in [3.05, 3.63) is 54.1 Å². The van der Waals surface area contributed by atoms with E-state index in [-0.39, 0.29) is 16.4 Å². The minimum Gasteiger partial charge on any atom is -0.399 e. The Balaban J connectivity index is 2.07. The first-order valence-corrected chi connectivity index (χ1v) is 9.11. The van der Waals surface area contributed by atoms with Crippen LogP contribution in [0.25, 0.3) is 0 Å². The minimum absolute atomic E-state index is 0.127. The third kappa shape index (κ3) is 3.61. The molecule has 144 valence electrons. The van der Waals surface area contributed by atoms with Gasteiger partial charge in [0.2, 0.25) is 10.0 Å². The number of hydrogen-bond donors (Lipinski definition) is 3. The predicted octanol–water partition coefficient (Wildman–Crippen LogP) is 1.43. The Morgan fingerprint density at radius 2 is 1.63 bits per heavy atom. The van der Waals surface area contributed by atoms with Crippen LogP contribution >= 0.6 is 0 Å². The molecule has 1 atom stereocenters. The van der Waals surface area contributed by atoms with E-state index in [1.54, 1.807) is 0 Å². The molecule has 5 N–H and O–H groups in total. The highest BCUT2D eigenvalue weighted by Crippen LogP contribution is 2.39. The largest absolute Gasteiger partial charge is 0.440 e. The first kappa shape index (κ1) is 19.1. The van der Waals surface area contributed by atoms with Crippen LogP contribution in [-0.4, -0.2) is 37.8 Å². The Bertz CT molecular complexity index is 989. The molecule has 0 aromatic heterocycles. The van der Waals surface area contributed by atoms with Crippen LogP contribution in [0.3, 0.4) is 0 Å². The van der Waals surface area contributed by atoms with Gasteiger partial charge in [0.05, 0.1) is 11.4 Å². The minimum atomic E-state index is -5.00. The van der Waals surface area contributed by atoms with Gasteiger partial charge < -0.3 is 15.7 Å². The Hall–Kier alpha value is -2.63. The van der Waals surface area contributed by atoms with Gasteiger partial charge in [0, 0.05) is 16.9 Å². The summed E-state index contributed by atoms with van der Waals surface area (Å²) in [4.78, 5) is 4.46. The molecule has 0 amide bonds. The number of rotatable bonds is 3. The lowest BCUT2D eigenvalue weighted by Gasteiger charge is -2.25. The molecule has 0 aliphatic carbocycles. The molecule has 3 rings (SSSR count). The summed E-state index contributed by atoms with van der Waals surface area (Å²) in [6, 6.07) is 10.8. The van der Waals surface area contributed by atoms with E-state index in [4.69, 9.17) is 10.9 Å². The maximum Gasteiger partial charge on any atom is 0.440 e. The molecular weight excluding hydrogens is 385 g/mol. The number of halogens is 3. The summed E-state index contributed by atoms with van der Waals surface area (Å²) in [7, 11) is -3.95. The maximum atomic E-state index is 13.3. The number of nitrogens with two attached hydrogens (primary N) is 2. The highest BCUT2D eigenvalue weighted by Gasteiger charge is 2.58. The number of hydrogen-bond acceptors (Lipinski definition) is 6. The lowest BCUT2D eigenvalue weighted by atomic mass is 10.1. The third-order valence-electron chi connectivity index (χ3n) is 4.02. The number of nitrogens with zero attached hydrogens (tertiary/aromatic N) is 2. The lowest BCUT2D eigenvalue weighted by molar-refractivity contribution is -0.249. The van der Waals surface area contributed by atoms with Crippen molar-refractivity contribution in [2.45, 2.75) is 16.8 Å². The van der Waals surface area contributed by atoms with Crippen LogP contribution in [0.4, 0.5) is 24.5 Å². The predicted molar refractivity (Wildman–Crippen MR) is 93.6 cm³/mol. The Kier molecular flexibility index (Phi) is 4.41. The van der Waals surface area contributed by atoms with Crippen molar-refractivity contribution in [1.29, 1.82) is 0 Å². The summed E-state index contributed by atoms with van der Waals surface area (Å²) in [6.07, 6.45) is -5.00. The van der Waals surface area contributed by atoms with Crippen LogP contribution in [-0.2, 0) is 10.0 Å². The molecule has 27 heavy (non-hydrogen) atoms. The van der Waals surface area contributed by atoms with Gasteiger partial charge in [0.15, 0.2) is 0 Å². The molecule has 11 heteroatoms. The third-order valence-corrected chi connectivity index (χ3v) is 4.95. The number of amidine groups is 1. The molecule has 1 heterocycles. The normalized spacial score (nSPS) is 20.6. The Morgan fingerprint density at radius 1 is 1.07 bits per heavy atom. The molecule has 1 aliphatic heterocycles. The van der Waals surface area contributed by atoms with Gasteiger partial charge >= 0.3 is 6.18 Å².